The van der Waals surface area contributed by atoms with Crippen molar-refractivity contribution in [2.45, 2.75) is 38.5 Å². The largest absolute Gasteiger partial charge is 0.0885 e. The van der Waals surface area contributed by atoms with Gasteiger partial charge >= 0.3 is 0 Å². The SMILES string of the molecule is C1=CCC/C=C\CCCC/C=C/1. The Morgan fingerprint density at radius 3 is 1.83 bits per heavy atom. The summed E-state index contributed by atoms with van der Waals surface area (Å²) in [6, 6.07) is 0. The van der Waals surface area contributed by atoms with Crippen molar-refractivity contribution < 1.29 is 0 Å². The highest BCUT2D eigenvalue weighted by Crippen LogP contribution is 2.04. The van der Waals surface area contributed by atoms with Crippen LogP contribution in [-0.4, -0.2) is 0 Å². The molecule has 0 saturated heterocycles. The fourth-order valence-corrected chi connectivity index (χ4v) is 1.30. The molecule has 0 heterocycles. The second-order valence-electron chi connectivity index (χ2n) is 3.19. The molecule has 0 aliphatic heterocycles. The lowest BCUT2D eigenvalue weighted by molar-refractivity contribution is 0.760. The highest BCUT2D eigenvalue weighted by molar-refractivity contribution is 5.03. The first kappa shape index (κ1) is 9.31. The van der Waals surface area contributed by atoms with Crippen LogP contribution in [0.25, 0.3) is 0 Å². The van der Waals surface area contributed by atoms with E-state index < -0.39 is 0 Å². The van der Waals surface area contributed by atoms with E-state index >= 15 is 0 Å². The predicted octanol–water partition coefficient (Wildman–Crippen LogP) is 4.01. The van der Waals surface area contributed by atoms with Gasteiger partial charge in [0.15, 0.2) is 0 Å². The highest BCUT2D eigenvalue weighted by atomic mass is 13.9. The molecule has 0 aromatic carbocycles. The Bertz CT molecular complexity index is 172. The Balaban J connectivity index is 2.31. The summed E-state index contributed by atoms with van der Waals surface area (Å²) in [5, 5.41) is 0. The second-order valence-corrected chi connectivity index (χ2v) is 3.19. The molecule has 0 radical (unpaired) electrons. The molecule has 1 rings (SSSR count). The Morgan fingerprint density at radius 1 is 0.500 bits per heavy atom. The zero-order chi connectivity index (χ0) is 8.49. The van der Waals surface area contributed by atoms with E-state index in [0.717, 1.165) is 0 Å². The summed E-state index contributed by atoms with van der Waals surface area (Å²) < 4.78 is 0. The van der Waals surface area contributed by atoms with Crippen molar-refractivity contribution in [2.75, 3.05) is 0 Å². The molecule has 12 heavy (non-hydrogen) atoms. The van der Waals surface area contributed by atoms with Crippen LogP contribution in [0.15, 0.2) is 36.5 Å². The lowest BCUT2D eigenvalue weighted by atomic mass is 10.1. The normalized spacial score (nSPS) is 25.3. The van der Waals surface area contributed by atoms with Gasteiger partial charge in [0, 0.05) is 0 Å². The van der Waals surface area contributed by atoms with E-state index in [-0.39, 0.29) is 0 Å². The third-order valence-electron chi connectivity index (χ3n) is 2.04. The number of hydrogen-bond donors (Lipinski definition) is 0. The molecule has 0 aromatic heterocycles. The smallest absolute Gasteiger partial charge is 0.0313 e. The minimum atomic E-state index is 1.18. The van der Waals surface area contributed by atoms with Gasteiger partial charge in [-0.15, -0.1) is 0 Å². The maximum absolute atomic E-state index is 2.32. The van der Waals surface area contributed by atoms with Gasteiger partial charge in [-0.05, 0) is 38.5 Å². The number of rotatable bonds is 0. The fourth-order valence-electron chi connectivity index (χ4n) is 1.30. The Hall–Kier alpha value is -0.780. The Morgan fingerprint density at radius 2 is 1.00 bits per heavy atom. The summed E-state index contributed by atoms with van der Waals surface area (Å²) in [7, 11) is 0. The van der Waals surface area contributed by atoms with Gasteiger partial charge in [0.05, 0.1) is 0 Å². The lowest BCUT2D eigenvalue weighted by Gasteiger charge is -1.94. The maximum Gasteiger partial charge on any atom is -0.0313 e. The molecule has 0 aromatic rings. The van der Waals surface area contributed by atoms with E-state index in [1.165, 1.54) is 38.5 Å². The van der Waals surface area contributed by atoms with Crippen molar-refractivity contribution in [2.24, 2.45) is 0 Å². The zero-order valence-corrected chi connectivity index (χ0v) is 7.71. The molecule has 0 saturated carbocycles. The molecule has 66 valence electrons. The summed E-state index contributed by atoms with van der Waals surface area (Å²) in [6.45, 7) is 0. The summed E-state index contributed by atoms with van der Waals surface area (Å²) in [5.41, 5.74) is 0. The lowest BCUT2D eigenvalue weighted by Crippen LogP contribution is -1.74. The molecule has 0 amide bonds. The van der Waals surface area contributed by atoms with Crippen molar-refractivity contribution >= 4 is 0 Å². The minimum absolute atomic E-state index is 1.18. The zero-order valence-electron chi connectivity index (χ0n) is 7.71. The first-order chi connectivity index (χ1) is 6.00. The van der Waals surface area contributed by atoms with E-state index in [4.69, 9.17) is 0 Å². The van der Waals surface area contributed by atoms with Crippen molar-refractivity contribution in [3.63, 3.8) is 0 Å². The van der Waals surface area contributed by atoms with Crippen LogP contribution >= 0.6 is 0 Å². The van der Waals surface area contributed by atoms with Gasteiger partial charge < -0.3 is 0 Å². The summed E-state index contributed by atoms with van der Waals surface area (Å²) >= 11 is 0. The van der Waals surface area contributed by atoms with Gasteiger partial charge in [-0.2, -0.15) is 0 Å². The standard InChI is InChI=1S/C12H18/c1-2-4-6-8-10-12-11-9-7-5-3-1/h1-4,9,11H,5-8,10,12H2/b3-1?,4-2+,11-9-. The first-order valence-electron chi connectivity index (χ1n) is 4.97. The van der Waals surface area contributed by atoms with Gasteiger partial charge in [0.25, 0.3) is 0 Å². The number of allylic oxidation sites excluding steroid dienone is 6. The minimum Gasteiger partial charge on any atom is -0.0885 e. The molecule has 0 fully saturated rings. The summed E-state index contributed by atoms with van der Waals surface area (Å²) in [6.07, 6.45) is 21.0. The first-order valence-corrected chi connectivity index (χ1v) is 4.97. The van der Waals surface area contributed by atoms with Crippen molar-refractivity contribution in [3.8, 4) is 0 Å². The molecule has 1 aliphatic carbocycles. The fraction of sp³-hybridized carbons (Fsp3) is 0.500. The van der Waals surface area contributed by atoms with Crippen LogP contribution in [0.3, 0.4) is 0 Å². The predicted molar refractivity (Wildman–Crippen MR) is 55.1 cm³/mol. The van der Waals surface area contributed by atoms with Crippen LogP contribution in [0.1, 0.15) is 38.5 Å². The van der Waals surface area contributed by atoms with Gasteiger partial charge in [0.2, 0.25) is 0 Å². The molecule has 0 spiro atoms. The van der Waals surface area contributed by atoms with Crippen LogP contribution in [0.5, 0.6) is 0 Å². The molecular formula is C12H18. The average molecular weight is 162 g/mol. The number of hydrogen-bond acceptors (Lipinski definition) is 0. The van der Waals surface area contributed by atoms with Crippen LogP contribution in [0.4, 0.5) is 0 Å². The summed E-state index contributed by atoms with van der Waals surface area (Å²) in [5.74, 6) is 0. The highest BCUT2D eigenvalue weighted by Gasteiger charge is 1.84. The van der Waals surface area contributed by atoms with Gasteiger partial charge in [-0.1, -0.05) is 36.5 Å². The Labute approximate surface area is 75.7 Å². The summed E-state index contributed by atoms with van der Waals surface area (Å²) in [4.78, 5) is 0. The van der Waals surface area contributed by atoms with E-state index in [1.54, 1.807) is 0 Å². The topological polar surface area (TPSA) is 0 Å². The third kappa shape index (κ3) is 4.95. The van der Waals surface area contributed by atoms with Gasteiger partial charge in [-0.25, -0.2) is 0 Å². The van der Waals surface area contributed by atoms with E-state index in [1.807, 2.05) is 0 Å². The van der Waals surface area contributed by atoms with Crippen LogP contribution in [0, 0.1) is 0 Å². The monoisotopic (exact) mass is 162 g/mol. The maximum atomic E-state index is 2.32. The van der Waals surface area contributed by atoms with Crippen molar-refractivity contribution in [1.82, 2.24) is 0 Å². The molecular weight excluding hydrogens is 144 g/mol. The van der Waals surface area contributed by atoms with Gasteiger partial charge in [0.1, 0.15) is 0 Å². The van der Waals surface area contributed by atoms with Crippen LogP contribution in [0.2, 0.25) is 0 Å². The molecule has 0 heteroatoms. The van der Waals surface area contributed by atoms with E-state index in [9.17, 15) is 0 Å². The molecule has 0 N–H and O–H groups in total. The van der Waals surface area contributed by atoms with E-state index in [2.05, 4.69) is 36.5 Å². The quantitative estimate of drug-likeness (QED) is 0.472. The average Bonchev–Trinajstić information content (AvgIpc) is 2.05. The second kappa shape index (κ2) is 6.90. The molecule has 1 aliphatic rings. The van der Waals surface area contributed by atoms with Crippen molar-refractivity contribution in [1.29, 1.82) is 0 Å². The molecule has 0 bridgehead atoms. The molecule has 0 atom stereocenters. The van der Waals surface area contributed by atoms with Crippen LogP contribution < -0.4 is 0 Å². The van der Waals surface area contributed by atoms with E-state index in [0.29, 0.717) is 0 Å². The van der Waals surface area contributed by atoms with Crippen molar-refractivity contribution in [3.05, 3.63) is 36.5 Å². The molecule has 0 unspecified atom stereocenters. The third-order valence-corrected chi connectivity index (χ3v) is 2.04. The van der Waals surface area contributed by atoms with Crippen LogP contribution in [-0.2, 0) is 0 Å². The van der Waals surface area contributed by atoms with Gasteiger partial charge in [-0.3, -0.25) is 0 Å². The Kier molecular flexibility index (Phi) is 5.35. The molecule has 0 nitrogen and oxygen atoms in total.